The zero-order valence-electron chi connectivity index (χ0n) is 21.4. The van der Waals surface area contributed by atoms with Gasteiger partial charge in [0.2, 0.25) is 0 Å². The molecular weight excluding hydrogens is 370 g/mol. The minimum atomic E-state index is -0.213. The van der Waals surface area contributed by atoms with Crippen molar-refractivity contribution >= 4 is 5.97 Å². The molecule has 0 aliphatic rings. The lowest BCUT2D eigenvalue weighted by molar-refractivity contribution is -0.154. The van der Waals surface area contributed by atoms with Crippen molar-refractivity contribution in [2.45, 2.75) is 156 Å². The average Bonchev–Trinajstić information content (AvgIpc) is 2.74. The Morgan fingerprint density at radius 1 is 0.533 bits per heavy atom. The summed E-state index contributed by atoms with van der Waals surface area (Å²) in [6, 6.07) is 0. The largest absolute Gasteiger partial charge is 0.469 e. The molecule has 0 saturated carbocycles. The molecule has 0 heterocycles. The van der Waals surface area contributed by atoms with Gasteiger partial charge >= 0.3 is 5.97 Å². The van der Waals surface area contributed by atoms with Crippen molar-refractivity contribution in [2.75, 3.05) is 7.11 Å². The van der Waals surface area contributed by atoms with E-state index in [1.807, 2.05) is 0 Å². The molecule has 0 aliphatic carbocycles. The maximum absolute atomic E-state index is 12.9. The Bertz CT molecular complexity index is 316. The van der Waals surface area contributed by atoms with E-state index in [0.717, 1.165) is 19.3 Å². The molecule has 0 aliphatic heterocycles. The molecule has 0 aromatic rings. The van der Waals surface area contributed by atoms with Gasteiger partial charge in [-0.15, -0.1) is 0 Å². The van der Waals surface area contributed by atoms with Crippen LogP contribution in [0.5, 0.6) is 0 Å². The molecule has 0 rings (SSSR count). The number of carbonyl (C=O) groups is 1. The first-order chi connectivity index (χ1) is 14.2. The predicted octanol–water partition coefficient (Wildman–Crippen LogP) is 9.56. The van der Waals surface area contributed by atoms with E-state index in [9.17, 15) is 4.79 Å². The molecule has 3 nitrogen and oxygen atoms in total. The van der Waals surface area contributed by atoms with Gasteiger partial charge in [-0.1, -0.05) is 136 Å². The van der Waals surface area contributed by atoms with Crippen LogP contribution in [0.3, 0.4) is 0 Å². The normalized spacial score (nSPS) is 11.3. The molecule has 0 bridgehead atoms. The second kappa shape index (κ2) is 23.1. The highest BCUT2D eigenvalue weighted by atomic mass is 16.5. The summed E-state index contributed by atoms with van der Waals surface area (Å²) in [6.45, 7) is 6.80. The number of rotatable bonds is 22. The number of hydrogen-bond acceptors (Lipinski definition) is 3. The van der Waals surface area contributed by atoms with Gasteiger partial charge < -0.3 is 10.9 Å². The second-order valence-corrected chi connectivity index (χ2v) is 9.33. The van der Waals surface area contributed by atoms with Crippen LogP contribution in [0.4, 0.5) is 0 Å². The monoisotopic (exact) mass is 427 g/mol. The fourth-order valence-electron chi connectivity index (χ4n) is 4.63. The van der Waals surface area contributed by atoms with Gasteiger partial charge in [0, 0.05) is 0 Å². The molecule has 0 aromatic heterocycles. The summed E-state index contributed by atoms with van der Waals surface area (Å²) < 4.78 is 5.36. The molecule has 3 heteroatoms. The van der Waals surface area contributed by atoms with Crippen LogP contribution in [-0.4, -0.2) is 13.1 Å². The third-order valence-electron chi connectivity index (χ3n) is 6.65. The second-order valence-electron chi connectivity index (χ2n) is 9.33. The Kier molecular flexibility index (Phi) is 24.3. The van der Waals surface area contributed by atoms with Gasteiger partial charge in [0.05, 0.1) is 12.5 Å². The lowest BCUT2D eigenvalue weighted by Crippen LogP contribution is -2.32. The zero-order chi connectivity index (χ0) is 21.6. The van der Waals surface area contributed by atoms with Gasteiger partial charge in [0.1, 0.15) is 0 Å². The van der Waals surface area contributed by atoms with Gasteiger partial charge in [-0.3, -0.25) is 4.79 Å². The lowest BCUT2D eigenvalue weighted by atomic mass is 9.74. The quantitative estimate of drug-likeness (QED) is 0.138. The minimum absolute atomic E-state index is 0. The Hall–Kier alpha value is -0.570. The fraction of sp³-hybridized carbons (Fsp3) is 0.963. The first kappa shape index (κ1) is 31.6. The van der Waals surface area contributed by atoms with Gasteiger partial charge in [-0.25, -0.2) is 0 Å². The highest BCUT2D eigenvalue weighted by Gasteiger charge is 2.37. The highest BCUT2D eigenvalue weighted by molar-refractivity contribution is 5.76. The molecule has 0 unspecified atom stereocenters. The summed E-state index contributed by atoms with van der Waals surface area (Å²) in [5.41, 5.74) is -0.213. The van der Waals surface area contributed by atoms with Crippen molar-refractivity contribution in [3.8, 4) is 0 Å². The summed E-state index contributed by atoms with van der Waals surface area (Å²) in [4.78, 5) is 12.9. The standard InChI is InChI=1S/C27H54O2.H3N/c1-5-8-11-14-17-20-23-27(26(28)29-4,24-21-18-15-12-9-6-2)25-22-19-16-13-10-7-3;/h5-25H2,1-4H3;1H3. The molecule has 0 spiro atoms. The number of ether oxygens (including phenoxy) is 1. The molecular formula is C27H57NO2. The van der Waals surface area contributed by atoms with Crippen molar-refractivity contribution in [3.63, 3.8) is 0 Å². The molecule has 0 radical (unpaired) electrons. The topological polar surface area (TPSA) is 61.3 Å². The summed E-state index contributed by atoms with van der Waals surface area (Å²) >= 11 is 0. The molecule has 0 aromatic carbocycles. The average molecular weight is 428 g/mol. The van der Waals surface area contributed by atoms with E-state index < -0.39 is 0 Å². The van der Waals surface area contributed by atoms with E-state index in [1.165, 1.54) is 116 Å². The Morgan fingerprint density at radius 3 is 1.07 bits per heavy atom. The van der Waals surface area contributed by atoms with Crippen LogP contribution in [0.1, 0.15) is 156 Å². The van der Waals surface area contributed by atoms with Crippen molar-refractivity contribution < 1.29 is 9.53 Å². The third-order valence-corrected chi connectivity index (χ3v) is 6.65. The first-order valence-corrected chi connectivity index (χ1v) is 13.2. The van der Waals surface area contributed by atoms with Gasteiger partial charge in [0.15, 0.2) is 0 Å². The highest BCUT2D eigenvalue weighted by Crippen LogP contribution is 2.38. The molecule has 0 atom stereocenters. The van der Waals surface area contributed by atoms with E-state index in [0.29, 0.717) is 0 Å². The molecule has 0 fully saturated rings. The molecule has 182 valence electrons. The van der Waals surface area contributed by atoms with Gasteiger partial charge in [0.25, 0.3) is 0 Å². The summed E-state index contributed by atoms with van der Waals surface area (Å²) in [6.07, 6.45) is 26.4. The summed E-state index contributed by atoms with van der Waals surface area (Å²) in [7, 11) is 1.60. The van der Waals surface area contributed by atoms with Crippen LogP contribution in [0.2, 0.25) is 0 Å². The van der Waals surface area contributed by atoms with Crippen molar-refractivity contribution in [2.24, 2.45) is 5.41 Å². The van der Waals surface area contributed by atoms with Crippen LogP contribution < -0.4 is 6.15 Å². The molecule has 0 saturated heterocycles. The van der Waals surface area contributed by atoms with Crippen molar-refractivity contribution in [1.82, 2.24) is 6.15 Å². The van der Waals surface area contributed by atoms with Crippen LogP contribution in [-0.2, 0) is 9.53 Å². The zero-order valence-corrected chi connectivity index (χ0v) is 21.4. The number of hydrogen-bond donors (Lipinski definition) is 1. The van der Waals surface area contributed by atoms with Crippen LogP contribution in [0.25, 0.3) is 0 Å². The Labute approximate surface area is 190 Å². The third kappa shape index (κ3) is 16.2. The van der Waals surface area contributed by atoms with Gasteiger partial charge in [-0.2, -0.15) is 0 Å². The van der Waals surface area contributed by atoms with E-state index in [1.54, 1.807) is 7.11 Å². The van der Waals surface area contributed by atoms with Crippen LogP contribution in [0.15, 0.2) is 0 Å². The smallest absolute Gasteiger partial charge is 0.311 e. The van der Waals surface area contributed by atoms with Crippen molar-refractivity contribution in [3.05, 3.63) is 0 Å². The van der Waals surface area contributed by atoms with Crippen molar-refractivity contribution in [1.29, 1.82) is 0 Å². The van der Waals surface area contributed by atoms with E-state index in [-0.39, 0.29) is 17.5 Å². The lowest BCUT2D eigenvalue weighted by Gasteiger charge is -2.31. The number of carbonyl (C=O) groups excluding carboxylic acids is 1. The first-order valence-electron chi connectivity index (χ1n) is 13.2. The summed E-state index contributed by atoms with van der Waals surface area (Å²) in [5.74, 6) is 0.0770. The van der Waals surface area contributed by atoms with E-state index in [2.05, 4.69) is 20.8 Å². The van der Waals surface area contributed by atoms with Crippen LogP contribution >= 0.6 is 0 Å². The predicted molar refractivity (Wildman–Crippen MR) is 133 cm³/mol. The summed E-state index contributed by atoms with van der Waals surface area (Å²) in [5, 5.41) is 0. The maximum atomic E-state index is 12.9. The fourth-order valence-corrected chi connectivity index (χ4v) is 4.63. The Balaban J connectivity index is 0. The Morgan fingerprint density at radius 2 is 0.800 bits per heavy atom. The van der Waals surface area contributed by atoms with Crippen LogP contribution in [0, 0.1) is 5.41 Å². The number of methoxy groups -OCH3 is 1. The van der Waals surface area contributed by atoms with E-state index >= 15 is 0 Å². The van der Waals surface area contributed by atoms with E-state index in [4.69, 9.17) is 4.74 Å². The SMILES string of the molecule is CCCCCCCCC(CCCCCCCC)(CCCCCCCC)C(=O)OC.N. The maximum Gasteiger partial charge on any atom is 0.311 e. The molecule has 3 N–H and O–H groups in total. The van der Waals surface area contributed by atoms with Gasteiger partial charge in [-0.05, 0) is 19.3 Å². The molecule has 30 heavy (non-hydrogen) atoms. The molecule has 0 amide bonds. The number of esters is 1. The minimum Gasteiger partial charge on any atom is -0.469 e. The number of unbranched alkanes of at least 4 members (excludes halogenated alkanes) is 15.